The first-order chi connectivity index (χ1) is 11.8. The topological polar surface area (TPSA) is 55.8 Å². The molecule has 2 rings (SSSR count). The molecule has 1 aromatic rings. The summed E-state index contributed by atoms with van der Waals surface area (Å²) in [5.74, 6) is 1.91. The van der Waals surface area contributed by atoms with Gasteiger partial charge in [0.2, 0.25) is 5.91 Å². The van der Waals surface area contributed by atoms with E-state index in [-0.39, 0.29) is 11.7 Å². The van der Waals surface area contributed by atoms with Gasteiger partial charge in [-0.1, -0.05) is 32.5 Å². The minimum Gasteiger partial charge on any atom is -0.494 e. The van der Waals surface area contributed by atoms with Crippen LogP contribution in [0.4, 0.5) is 0 Å². The standard InChI is InChI=1S/C19H25NO4S/c1-5-23-14-6-8-15(9-7-14)24-11-10-20-17(22)13-25-18(20)12-16(21)19(2,3)4/h6-9,12H,5,10-11,13H2,1-4H3/b18-12-. The number of thioether (sulfide) groups is 1. The first kappa shape index (κ1) is 19.4. The molecule has 1 fully saturated rings. The molecule has 1 aromatic carbocycles. The molecule has 1 amide bonds. The van der Waals surface area contributed by atoms with Gasteiger partial charge in [-0.25, -0.2) is 0 Å². The normalized spacial score (nSPS) is 16.4. The second-order valence-electron chi connectivity index (χ2n) is 6.68. The maximum absolute atomic E-state index is 12.2. The third-order valence-corrected chi connectivity index (χ3v) is 4.65. The van der Waals surface area contributed by atoms with Crippen LogP contribution in [0, 0.1) is 5.41 Å². The number of rotatable bonds is 7. The predicted octanol–water partition coefficient (Wildman–Crippen LogP) is 3.50. The number of benzene rings is 1. The first-order valence-corrected chi connectivity index (χ1v) is 9.35. The average Bonchev–Trinajstić information content (AvgIpc) is 2.89. The largest absolute Gasteiger partial charge is 0.494 e. The molecular weight excluding hydrogens is 338 g/mol. The summed E-state index contributed by atoms with van der Waals surface area (Å²) in [6.07, 6.45) is 1.58. The van der Waals surface area contributed by atoms with Crippen molar-refractivity contribution in [2.45, 2.75) is 27.7 Å². The van der Waals surface area contributed by atoms with Gasteiger partial charge in [0.1, 0.15) is 18.1 Å². The predicted molar refractivity (Wildman–Crippen MR) is 99.8 cm³/mol. The maximum Gasteiger partial charge on any atom is 0.237 e. The van der Waals surface area contributed by atoms with E-state index in [0.717, 1.165) is 11.5 Å². The van der Waals surface area contributed by atoms with E-state index in [9.17, 15) is 9.59 Å². The highest BCUT2D eigenvalue weighted by Crippen LogP contribution is 2.30. The van der Waals surface area contributed by atoms with E-state index in [0.29, 0.717) is 30.5 Å². The molecule has 0 aliphatic carbocycles. The summed E-state index contributed by atoms with van der Waals surface area (Å²) >= 11 is 1.40. The molecule has 1 aliphatic heterocycles. The number of allylic oxidation sites excluding steroid dienone is 1. The number of hydrogen-bond acceptors (Lipinski definition) is 5. The zero-order valence-electron chi connectivity index (χ0n) is 15.2. The Morgan fingerprint density at radius 1 is 1.20 bits per heavy atom. The van der Waals surface area contributed by atoms with E-state index in [1.165, 1.54) is 11.8 Å². The van der Waals surface area contributed by atoms with E-state index in [1.54, 1.807) is 11.0 Å². The lowest BCUT2D eigenvalue weighted by atomic mass is 9.91. The highest BCUT2D eigenvalue weighted by atomic mass is 32.2. The van der Waals surface area contributed by atoms with Crippen LogP contribution >= 0.6 is 11.8 Å². The van der Waals surface area contributed by atoms with Gasteiger partial charge in [0.05, 0.1) is 23.9 Å². The quantitative estimate of drug-likeness (QED) is 0.694. The highest BCUT2D eigenvalue weighted by molar-refractivity contribution is 8.04. The molecule has 0 unspecified atom stereocenters. The van der Waals surface area contributed by atoms with E-state index in [1.807, 2.05) is 52.0 Å². The van der Waals surface area contributed by atoms with Gasteiger partial charge >= 0.3 is 0 Å². The molecule has 6 heteroatoms. The summed E-state index contributed by atoms with van der Waals surface area (Å²) in [5.41, 5.74) is -0.455. The molecular formula is C19H25NO4S. The van der Waals surface area contributed by atoms with Crippen LogP contribution in [-0.2, 0) is 9.59 Å². The number of hydrogen-bond donors (Lipinski definition) is 0. The molecule has 1 aliphatic rings. The molecule has 0 aromatic heterocycles. The van der Waals surface area contributed by atoms with Crippen molar-refractivity contribution >= 4 is 23.5 Å². The Morgan fingerprint density at radius 2 is 1.80 bits per heavy atom. The van der Waals surface area contributed by atoms with Gasteiger partial charge in [-0.2, -0.15) is 0 Å². The van der Waals surface area contributed by atoms with Crippen molar-refractivity contribution in [1.82, 2.24) is 4.90 Å². The smallest absolute Gasteiger partial charge is 0.237 e. The molecule has 5 nitrogen and oxygen atoms in total. The number of nitrogens with zero attached hydrogens (tertiary/aromatic N) is 1. The Kier molecular flexibility index (Phi) is 6.53. The number of amides is 1. The Hall–Kier alpha value is -1.95. The number of ether oxygens (including phenoxy) is 2. The van der Waals surface area contributed by atoms with Crippen LogP contribution in [0.25, 0.3) is 0 Å². The van der Waals surface area contributed by atoms with Gasteiger partial charge in [-0.3, -0.25) is 9.59 Å². The van der Waals surface area contributed by atoms with Gasteiger partial charge in [0.15, 0.2) is 5.78 Å². The molecule has 1 heterocycles. The zero-order valence-corrected chi connectivity index (χ0v) is 16.0. The first-order valence-electron chi connectivity index (χ1n) is 8.36. The monoisotopic (exact) mass is 363 g/mol. The number of ketones is 1. The van der Waals surface area contributed by atoms with E-state index >= 15 is 0 Å². The second kappa shape index (κ2) is 8.43. The van der Waals surface area contributed by atoms with Crippen LogP contribution < -0.4 is 9.47 Å². The molecule has 136 valence electrons. The molecule has 0 saturated carbocycles. The van der Waals surface area contributed by atoms with Crippen molar-refractivity contribution in [1.29, 1.82) is 0 Å². The summed E-state index contributed by atoms with van der Waals surface area (Å²) in [6, 6.07) is 7.38. The lowest BCUT2D eigenvalue weighted by Crippen LogP contribution is -2.30. The van der Waals surface area contributed by atoms with Crippen molar-refractivity contribution in [3.8, 4) is 11.5 Å². The van der Waals surface area contributed by atoms with Gasteiger partial charge in [0, 0.05) is 11.5 Å². The zero-order chi connectivity index (χ0) is 18.4. The minimum absolute atomic E-state index is 0.00764. The summed E-state index contributed by atoms with van der Waals surface area (Å²) in [5, 5.41) is 0.709. The van der Waals surface area contributed by atoms with Gasteiger partial charge < -0.3 is 14.4 Å². The third-order valence-electron chi connectivity index (χ3n) is 3.62. The summed E-state index contributed by atoms with van der Waals surface area (Å²) in [7, 11) is 0. The van der Waals surface area contributed by atoms with Gasteiger partial charge in [-0.15, -0.1) is 0 Å². The van der Waals surface area contributed by atoms with Crippen molar-refractivity contribution in [3.05, 3.63) is 35.4 Å². The van der Waals surface area contributed by atoms with E-state index in [4.69, 9.17) is 9.47 Å². The average molecular weight is 363 g/mol. The van der Waals surface area contributed by atoms with Crippen molar-refractivity contribution in [2.24, 2.45) is 5.41 Å². The lowest BCUT2D eigenvalue weighted by molar-refractivity contribution is -0.125. The number of carbonyl (C=O) groups excluding carboxylic acids is 2. The van der Waals surface area contributed by atoms with Crippen LogP contribution in [0.2, 0.25) is 0 Å². The Morgan fingerprint density at radius 3 is 2.36 bits per heavy atom. The van der Waals surface area contributed by atoms with Gasteiger partial charge in [0.25, 0.3) is 0 Å². The van der Waals surface area contributed by atoms with Crippen LogP contribution in [-0.4, -0.2) is 42.1 Å². The van der Waals surface area contributed by atoms with E-state index in [2.05, 4.69) is 0 Å². The van der Waals surface area contributed by atoms with Crippen LogP contribution in [0.5, 0.6) is 11.5 Å². The fourth-order valence-corrected chi connectivity index (χ4v) is 3.12. The second-order valence-corrected chi connectivity index (χ2v) is 7.68. The Bertz CT molecular complexity index is 646. The van der Waals surface area contributed by atoms with Crippen molar-refractivity contribution < 1.29 is 19.1 Å². The van der Waals surface area contributed by atoms with Gasteiger partial charge in [-0.05, 0) is 31.2 Å². The molecule has 0 bridgehead atoms. The Labute approximate surface area is 153 Å². The molecule has 0 atom stereocenters. The molecule has 25 heavy (non-hydrogen) atoms. The highest BCUT2D eigenvalue weighted by Gasteiger charge is 2.29. The van der Waals surface area contributed by atoms with Crippen LogP contribution in [0.15, 0.2) is 35.4 Å². The van der Waals surface area contributed by atoms with Crippen LogP contribution in [0.3, 0.4) is 0 Å². The summed E-state index contributed by atoms with van der Waals surface area (Å²) in [4.78, 5) is 25.9. The lowest BCUT2D eigenvalue weighted by Gasteiger charge is -2.19. The van der Waals surface area contributed by atoms with E-state index < -0.39 is 5.41 Å². The summed E-state index contributed by atoms with van der Waals surface area (Å²) in [6.45, 7) is 8.94. The third kappa shape index (κ3) is 5.53. The molecule has 1 saturated heterocycles. The SMILES string of the molecule is CCOc1ccc(OCCN2C(=O)CS/C2=C\C(=O)C(C)(C)C)cc1. The molecule has 0 radical (unpaired) electrons. The maximum atomic E-state index is 12.2. The fourth-order valence-electron chi connectivity index (χ4n) is 2.15. The minimum atomic E-state index is -0.455. The van der Waals surface area contributed by atoms with Crippen molar-refractivity contribution in [2.75, 3.05) is 25.5 Å². The Balaban J connectivity index is 1.92. The fraction of sp³-hybridized carbons (Fsp3) is 0.474. The summed E-state index contributed by atoms with van der Waals surface area (Å²) < 4.78 is 11.1. The molecule has 0 spiro atoms. The van der Waals surface area contributed by atoms with Crippen molar-refractivity contribution in [3.63, 3.8) is 0 Å². The molecule has 0 N–H and O–H groups in total. The number of carbonyl (C=O) groups is 2. The van der Waals surface area contributed by atoms with Crippen LogP contribution in [0.1, 0.15) is 27.7 Å².